The highest BCUT2D eigenvalue weighted by Crippen LogP contribution is 2.30. The SMILES string of the molecule is CCc1cc(Br)ccc1NC1CCCC1C#N. The molecule has 0 bridgehead atoms. The molecule has 1 saturated carbocycles. The van der Waals surface area contributed by atoms with Crippen molar-refractivity contribution in [1.29, 1.82) is 5.26 Å². The molecule has 0 aromatic heterocycles. The Labute approximate surface area is 111 Å². The molecule has 0 radical (unpaired) electrons. The van der Waals surface area contributed by atoms with Gasteiger partial charge in [0, 0.05) is 16.2 Å². The number of rotatable bonds is 3. The van der Waals surface area contributed by atoms with Crippen LogP contribution in [-0.4, -0.2) is 6.04 Å². The maximum atomic E-state index is 9.09. The lowest BCUT2D eigenvalue weighted by atomic mass is 10.0. The lowest BCUT2D eigenvalue weighted by Gasteiger charge is -2.19. The number of nitriles is 1. The van der Waals surface area contributed by atoms with E-state index in [2.05, 4.69) is 52.4 Å². The van der Waals surface area contributed by atoms with E-state index in [-0.39, 0.29) is 5.92 Å². The summed E-state index contributed by atoms with van der Waals surface area (Å²) >= 11 is 3.50. The summed E-state index contributed by atoms with van der Waals surface area (Å²) in [6.45, 7) is 2.16. The fourth-order valence-corrected chi connectivity index (χ4v) is 2.89. The van der Waals surface area contributed by atoms with Crippen LogP contribution in [0.4, 0.5) is 5.69 Å². The fraction of sp³-hybridized carbons (Fsp3) is 0.500. The van der Waals surface area contributed by atoms with Crippen molar-refractivity contribution >= 4 is 21.6 Å². The first-order valence-electron chi connectivity index (χ1n) is 6.19. The van der Waals surface area contributed by atoms with E-state index < -0.39 is 0 Å². The minimum Gasteiger partial charge on any atom is -0.381 e. The summed E-state index contributed by atoms with van der Waals surface area (Å²) < 4.78 is 1.11. The van der Waals surface area contributed by atoms with Gasteiger partial charge in [0.2, 0.25) is 0 Å². The van der Waals surface area contributed by atoms with Gasteiger partial charge < -0.3 is 5.32 Å². The predicted molar refractivity (Wildman–Crippen MR) is 73.9 cm³/mol. The van der Waals surface area contributed by atoms with Gasteiger partial charge in [0.15, 0.2) is 0 Å². The molecule has 1 aliphatic carbocycles. The summed E-state index contributed by atoms with van der Waals surface area (Å²) in [6.07, 6.45) is 4.31. The number of anilines is 1. The Morgan fingerprint density at radius 1 is 1.47 bits per heavy atom. The van der Waals surface area contributed by atoms with Crippen molar-refractivity contribution in [2.45, 2.75) is 38.6 Å². The van der Waals surface area contributed by atoms with Crippen LogP contribution in [0.5, 0.6) is 0 Å². The third-order valence-corrected chi connectivity index (χ3v) is 3.96. The van der Waals surface area contributed by atoms with E-state index in [0.717, 1.165) is 30.2 Å². The Hall–Kier alpha value is -1.01. The zero-order chi connectivity index (χ0) is 12.3. The molecule has 90 valence electrons. The van der Waals surface area contributed by atoms with E-state index in [1.165, 1.54) is 11.3 Å². The molecule has 3 heteroatoms. The summed E-state index contributed by atoms with van der Waals surface area (Å²) in [5.74, 6) is 0.170. The molecule has 2 rings (SSSR count). The van der Waals surface area contributed by atoms with Gasteiger partial charge >= 0.3 is 0 Å². The number of hydrogen-bond donors (Lipinski definition) is 1. The van der Waals surface area contributed by atoms with Crippen LogP contribution >= 0.6 is 15.9 Å². The molecular weight excluding hydrogens is 276 g/mol. The molecule has 2 atom stereocenters. The highest BCUT2D eigenvalue weighted by Gasteiger charge is 2.27. The van der Waals surface area contributed by atoms with E-state index in [4.69, 9.17) is 5.26 Å². The van der Waals surface area contributed by atoms with Gasteiger partial charge in [-0.05, 0) is 49.4 Å². The Bertz CT molecular complexity index is 436. The Balaban J connectivity index is 2.16. The molecule has 0 amide bonds. The summed E-state index contributed by atoms with van der Waals surface area (Å²) in [5.41, 5.74) is 2.49. The highest BCUT2D eigenvalue weighted by molar-refractivity contribution is 9.10. The van der Waals surface area contributed by atoms with Crippen molar-refractivity contribution in [3.05, 3.63) is 28.2 Å². The van der Waals surface area contributed by atoms with Crippen LogP contribution < -0.4 is 5.32 Å². The Morgan fingerprint density at radius 2 is 2.29 bits per heavy atom. The molecule has 17 heavy (non-hydrogen) atoms. The van der Waals surface area contributed by atoms with E-state index >= 15 is 0 Å². The number of halogens is 1. The topological polar surface area (TPSA) is 35.8 Å². The van der Waals surface area contributed by atoms with Crippen molar-refractivity contribution in [1.82, 2.24) is 0 Å². The predicted octanol–water partition coefficient (Wildman–Crippen LogP) is 4.12. The molecule has 0 heterocycles. The molecule has 1 aromatic carbocycles. The summed E-state index contributed by atoms with van der Waals surface area (Å²) in [6, 6.07) is 9.05. The van der Waals surface area contributed by atoms with Crippen molar-refractivity contribution in [2.24, 2.45) is 5.92 Å². The molecule has 2 nitrogen and oxygen atoms in total. The monoisotopic (exact) mass is 292 g/mol. The summed E-state index contributed by atoms with van der Waals surface area (Å²) in [4.78, 5) is 0. The van der Waals surface area contributed by atoms with E-state index in [0.29, 0.717) is 6.04 Å². The van der Waals surface area contributed by atoms with E-state index in [1.807, 2.05) is 0 Å². The zero-order valence-electron chi connectivity index (χ0n) is 10.0. The molecule has 0 saturated heterocycles. The first kappa shape index (κ1) is 12.4. The number of nitrogens with zero attached hydrogens (tertiary/aromatic N) is 1. The van der Waals surface area contributed by atoms with Crippen LogP contribution in [0.15, 0.2) is 22.7 Å². The fourth-order valence-electron chi connectivity index (χ4n) is 2.48. The molecule has 0 spiro atoms. The molecule has 2 unspecified atom stereocenters. The maximum Gasteiger partial charge on any atom is 0.0677 e. The van der Waals surface area contributed by atoms with Gasteiger partial charge in [-0.3, -0.25) is 0 Å². The second-order valence-corrected chi connectivity index (χ2v) is 5.49. The first-order chi connectivity index (χ1) is 8.24. The van der Waals surface area contributed by atoms with Crippen LogP contribution in [0.2, 0.25) is 0 Å². The van der Waals surface area contributed by atoms with Crippen molar-refractivity contribution in [3.8, 4) is 6.07 Å². The van der Waals surface area contributed by atoms with Crippen molar-refractivity contribution in [3.63, 3.8) is 0 Å². The minimum absolute atomic E-state index is 0.170. The Kier molecular flexibility index (Phi) is 4.06. The second-order valence-electron chi connectivity index (χ2n) is 4.57. The second kappa shape index (κ2) is 5.55. The third kappa shape index (κ3) is 2.81. The molecule has 1 fully saturated rings. The van der Waals surface area contributed by atoms with Crippen molar-refractivity contribution < 1.29 is 0 Å². The van der Waals surface area contributed by atoms with Crippen LogP contribution in [0, 0.1) is 17.2 Å². The molecule has 1 aliphatic rings. The largest absolute Gasteiger partial charge is 0.381 e. The first-order valence-corrected chi connectivity index (χ1v) is 6.98. The van der Waals surface area contributed by atoms with Crippen molar-refractivity contribution in [2.75, 3.05) is 5.32 Å². The smallest absolute Gasteiger partial charge is 0.0677 e. The zero-order valence-corrected chi connectivity index (χ0v) is 11.6. The van der Waals surface area contributed by atoms with Gasteiger partial charge in [0.25, 0.3) is 0 Å². The highest BCUT2D eigenvalue weighted by atomic mass is 79.9. The summed E-state index contributed by atoms with van der Waals surface area (Å²) in [7, 11) is 0. The lowest BCUT2D eigenvalue weighted by molar-refractivity contribution is 0.629. The molecule has 0 aliphatic heterocycles. The number of benzene rings is 1. The van der Waals surface area contributed by atoms with Gasteiger partial charge in [-0.15, -0.1) is 0 Å². The third-order valence-electron chi connectivity index (χ3n) is 3.47. The van der Waals surface area contributed by atoms with E-state index in [9.17, 15) is 0 Å². The molecular formula is C14H17BrN2. The normalized spacial score (nSPS) is 23.4. The quantitative estimate of drug-likeness (QED) is 0.910. The molecule has 1 N–H and O–H groups in total. The van der Waals surface area contributed by atoms with Gasteiger partial charge in [0.05, 0.1) is 12.0 Å². The van der Waals surface area contributed by atoms with Crippen LogP contribution in [0.1, 0.15) is 31.7 Å². The van der Waals surface area contributed by atoms with Crippen LogP contribution in [0.25, 0.3) is 0 Å². The Morgan fingerprint density at radius 3 is 3.00 bits per heavy atom. The lowest BCUT2D eigenvalue weighted by Crippen LogP contribution is -2.23. The van der Waals surface area contributed by atoms with Gasteiger partial charge in [-0.2, -0.15) is 5.26 Å². The number of nitrogens with one attached hydrogen (secondary N) is 1. The van der Waals surface area contributed by atoms with Gasteiger partial charge in [0.1, 0.15) is 0 Å². The average Bonchev–Trinajstić information content (AvgIpc) is 2.78. The van der Waals surface area contributed by atoms with Crippen LogP contribution in [-0.2, 0) is 6.42 Å². The van der Waals surface area contributed by atoms with Gasteiger partial charge in [-0.25, -0.2) is 0 Å². The maximum absolute atomic E-state index is 9.09. The van der Waals surface area contributed by atoms with Gasteiger partial charge in [-0.1, -0.05) is 22.9 Å². The molecule has 1 aromatic rings. The number of aryl methyl sites for hydroxylation is 1. The number of hydrogen-bond acceptors (Lipinski definition) is 2. The van der Waals surface area contributed by atoms with Crippen LogP contribution in [0.3, 0.4) is 0 Å². The average molecular weight is 293 g/mol. The standard InChI is InChI=1S/C14H17BrN2/c1-2-10-8-12(15)6-7-14(10)17-13-5-3-4-11(13)9-16/h6-8,11,13,17H,2-5H2,1H3. The summed E-state index contributed by atoms with van der Waals surface area (Å²) in [5, 5.41) is 12.6. The minimum atomic E-state index is 0.170. The van der Waals surface area contributed by atoms with E-state index in [1.54, 1.807) is 0 Å².